The first kappa shape index (κ1) is 13.4. The first-order valence-corrected chi connectivity index (χ1v) is 7.51. The Bertz CT molecular complexity index is 223. The topological polar surface area (TPSA) is 15.3 Å². The third kappa shape index (κ3) is 3.69. The quantitative estimate of drug-likeness (QED) is 0.813. The molecule has 2 aliphatic rings. The SMILES string of the molecule is CC1CCN(CC(C)(C)C2CCCNC2)CC1. The van der Waals surface area contributed by atoms with Crippen LogP contribution < -0.4 is 5.32 Å². The summed E-state index contributed by atoms with van der Waals surface area (Å²) >= 11 is 0. The summed E-state index contributed by atoms with van der Waals surface area (Å²) in [6.45, 7) is 13.8. The maximum Gasteiger partial charge on any atom is 0.00358 e. The molecule has 0 aromatic rings. The molecule has 0 bridgehead atoms. The van der Waals surface area contributed by atoms with Crippen molar-refractivity contribution >= 4 is 0 Å². The average Bonchev–Trinajstić information content (AvgIpc) is 2.33. The minimum atomic E-state index is 0.480. The van der Waals surface area contributed by atoms with E-state index in [0.29, 0.717) is 5.41 Å². The third-order valence-corrected chi connectivity index (χ3v) is 4.91. The lowest BCUT2D eigenvalue weighted by atomic mass is 9.74. The molecule has 0 spiro atoms. The first-order valence-electron chi connectivity index (χ1n) is 7.51. The van der Waals surface area contributed by atoms with Crippen LogP contribution in [0.2, 0.25) is 0 Å². The van der Waals surface area contributed by atoms with Gasteiger partial charge in [-0.25, -0.2) is 0 Å². The second-order valence-electron chi connectivity index (χ2n) is 6.99. The van der Waals surface area contributed by atoms with Gasteiger partial charge in [-0.2, -0.15) is 0 Å². The van der Waals surface area contributed by atoms with Crippen LogP contribution in [-0.2, 0) is 0 Å². The van der Waals surface area contributed by atoms with Gasteiger partial charge >= 0.3 is 0 Å². The van der Waals surface area contributed by atoms with Gasteiger partial charge in [0.25, 0.3) is 0 Å². The van der Waals surface area contributed by atoms with E-state index in [1.54, 1.807) is 0 Å². The van der Waals surface area contributed by atoms with Crippen LogP contribution in [-0.4, -0.2) is 37.6 Å². The molecule has 0 amide bonds. The fraction of sp³-hybridized carbons (Fsp3) is 1.00. The predicted molar refractivity (Wildman–Crippen MR) is 74.2 cm³/mol. The highest BCUT2D eigenvalue weighted by atomic mass is 15.1. The Balaban J connectivity index is 1.83. The number of nitrogens with one attached hydrogen (secondary N) is 1. The van der Waals surface area contributed by atoms with E-state index in [2.05, 4.69) is 31.0 Å². The maximum absolute atomic E-state index is 3.57. The fourth-order valence-electron chi connectivity index (χ4n) is 3.44. The molecule has 0 aliphatic carbocycles. The lowest BCUT2D eigenvalue weighted by molar-refractivity contribution is 0.0794. The highest BCUT2D eigenvalue weighted by Gasteiger charge is 2.32. The molecule has 2 rings (SSSR count). The Labute approximate surface area is 107 Å². The van der Waals surface area contributed by atoms with Crippen molar-refractivity contribution in [2.24, 2.45) is 17.3 Å². The van der Waals surface area contributed by atoms with Crippen LogP contribution in [0.15, 0.2) is 0 Å². The summed E-state index contributed by atoms with van der Waals surface area (Å²) in [5.41, 5.74) is 0.480. The zero-order valence-electron chi connectivity index (χ0n) is 12.0. The van der Waals surface area contributed by atoms with E-state index in [4.69, 9.17) is 0 Å². The lowest BCUT2D eigenvalue weighted by Gasteiger charge is -2.42. The lowest BCUT2D eigenvalue weighted by Crippen LogP contribution is -2.46. The van der Waals surface area contributed by atoms with Crippen LogP contribution in [0.4, 0.5) is 0 Å². The van der Waals surface area contributed by atoms with E-state index in [1.165, 1.54) is 58.4 Å². The minimum absolute atomic E-state index is 0.480. The predicted octanol–water partition coefficient (Wildman–Crippen LogP) is 2.74. The Morgan fingerprint density at radius 1 is 1.18 bits per heavy atom. The molecule has 2 nitrogen and oxygen atoms in total. The summed E-state index contributed by atoms with van der Waals surface area (Å²) in [6, 6.07) is 0. The number of likely N-dealkylation sites (tertiary alicyclic amines) is 1. The number of rotatable bonds is 3. The van der Waals surface area contributed by atoms with Gasteiger partial charge < -0.3 is 10.2 Å². The normalized spacial score (nSPS) is 29.5. The zero-order chi connectivity index (χ0) is 12.3. The van der Waals surface area contributed by atoms with E-state index >= 15 is 0 Å². The Morgan fingerprint density at radius 2 is 1.88 bits per heavy atom. The van der Waals surface area contributed by atoms with Gasteiger partial charge in [0.05, 0.1) is 0 Å². The van der Waals surface area contributed by atoms with Gasteiger partial charge in [-0.15, -0.1) is 0 Å². The molecule has 1 atom stereocenters. The monoisotopic (exact) mass is 238 g/mol. The fourth-order valence-corrected chi connectivity index (χ4v) is 3.44. The van der Waals surface area contributed by atoms with Gasteiger partial charge in [-0.05, 0) is 69.1 Å². The van der Waals surface area contributed by atoms with Crippen molar-refractivity contribution < 1.29 is 0 Å². The second-order valence-corrected chi connectivity index (χ2v) is 6.99. The molecule has 1 N–H and O–H groups in total. The molecule has 100 valence electrons. The summed E-state index contributed by atoms with van der Waals surface area (Å²) in [6.07, 6.45) is 5.59. The molecule has 0 aromatic heterocycles. The summed E-state index contributed by atoms with van der Waals surface area (Å²) in [4.78, 5) is 2.70. The molecule has 0 aromatic carbocycles. The molecular weight excluding hydrogens is 208 g/mol. The molecule has 2 heteroatoms. The van der Waals surface area contributed by atoms with Crippen molar-refractivity contribution in [1.82, 2.24) is 10.2 Å². The van der Waals surface area contributed by atoms with Crippen molar-refractivity contribution in [3.05, 3.63) is 0 Å². The van der Waals surface area contributed by atoms with Crippen LogP contribution in [0, 0.1) is 17.3 Å². The van der Waals surface area contributed by atoms with Crippen molar-refractivity contribution in [3.63, 3.8) is 0 Å². The van der Waals surface area contributed by atoms with Crippen LogP contribution >= 0.6 is 0 Å². The molecule has 17 heavy (non-hydrogen) atoms. The largest absolute Gasteiger partial charge is 0.316 e. The summed E-state index contributed by atoms with van der Waals surface area (Å²) in [5, 5.41) is 3.57. The summed E-state index contributed by atoms with van der Waals surface area (Å²) < 4.78 is 0. The summed E-state index contributed by atoms with van der Waals surface area (Å²) in [7, 11) is 0. The number of nitrogens with zero attached hydrogens (tertiary/aromatic N) is 1. The standard InChI is InChI=1S/C15H30N2/c1-13-6-9-17(10-7-13)12-15(2,3)14-5-4-8-16-11-14/h13-14,16H,4-12H2,1-3H3. The van der Waals surface area contributed by atoms with Crippen molar-refractivity contribution in [2.75, 3.05) is 32.7 Å². The molecule has 0 saturated carbocycles. The van der Waals surface area contributed by atoms with Crippen LogP contribution in [0.25, 0.3) is 0 Å². The molecule has 1 unspecified atom stereocenters. The second kappa shape index (κ2) is 5.71. The minimum Gasteiger partial charge on any atom is -0.316 e. The average molecular weight is 238 g/mol. The van der Waals surface area contributed by atoms with E-state index in [1.807, 2.05) is 0 Å². The van der Waals surface area contributed by atoms with E-state index in [9.17, 15) is 0 Å². The van der Waals surface area contributed by atoms with Crippen LogP contribution in [0.3, 0.4) is 0 Å². The van der Waals surface area contributed by atoms with Crippen LogP contribution in [0.5, 0.6) is 0 Å². The van der Waals surface area contributed by atoms with Gasteiger partial charge in [0, 0.05) is 6.54 Å². The Morgan fingerprint density at radius 3 is 2.47 bits per heavy atom. The maximum atomic E-state index is 3.57. The molecule has 2 saturated heterocycles. The van der Waals surface area contributed by atoms with E-state index < -0.39 is 0 Å². The highest BCUT2D eigenvalue weighted by molar-refractivity contribution is 4.86. The van der Waals surface area contributed by atoms with Gasteiger partial charge in [0.2, 0.25) is 0 Å². The Kier molecular flexibility index (Phi) is 4.48. The van der Waals surface area contributed by atoms with Crippen molar-refractivity contribution in [1.29, 1.82) is 0 Å². The van der Waals surface area contributed by atoms with Gasteiger partial charge in [-0.3, -0.25) is 0 Å². The van der Waals surface area contributed by atoms with Crippen molar-refractivity contribution in [3.8, 4) is 0 Å². The number of hydrogen-bond donors (Lipinski definition) is 1. The molecular formula is C15H30N2. The number of piperidine rings is 2. The highest BCUT2D eigenvalue weighted by Crippen LogP contribution is 2.33. The summed E-state index contributed by atoms with van der Waals surface area (Å²) in [5.74, 6) is 1.82. The first-order chi connectivity index (χ1) is 8.08. The number of hydrogen-bond acceptors (Lipinski definition) is 2. The smallest absolute Gasteiger partial charge is 0.00358 e. The molecule has 2 heterocycles. The van der Waals surface area contributed by atoms with Gasteiger partial charge in [0.15, 0.2) is 0 Å². The Hall–Kier alpha value is -0.0800. The zero-order valence-corrected chi connectivity index (χ0v) is 12.0. The molecule has 2 fully saturated rings. The molecule has 2 aliphatic heterocycles. The molecule has 0 radical (unpaired) electrons. The van der Waals surface area contributed by atoms with Crippen molar-refractivity contribution in [2.45, 2.75) is 46.5 Å². The third-order valence-electron chi connectivity index (χ3n) is 4.91. The van der Waals surface area contributed by atoms with Crippen LogP contribution in [0.1, 0.15) is 46.5 Å². The van der Waals surface area contributed by atoms with E-state index in [0.717, 1.165) is 11.8 Å². The van der Waals surface area contributed by atoms with E-state index in [-0.39, 0.29) is 0 Å². The van der Waals surface area contributed by atoms with Gasteiger partial charge in [0.1, 0.15) is 0 Å². The van der Waals surface area contributed by atoms with Gasteiger partial charge in [-0.1, -0.05) is 20.8 Å².